The van der Waals surface area contributed by atoms with Crippen LogP contribution in [0.2, 0.25) is 0 Å². The molecule has 0 radical (unpaired) electrons. The quantitative estimate of drug-likeness (QED) is 0.844. The van der Waals surface area contributed by atoms with Crippen LogP contribution < -0.4 is 10.2 Å². The molecule has 3 heteroatoms. The van der Waals surface area contributed by atoms with Gasteiger partial charge >= 0.3 is 0 Å². The minimum Gasteiger partial charge on any atom is -0.344 e. The summed E-state index contributed by atoms with van der Waals surface area (Å²) in [7, 11) is 0. The van der Waals surface area contributed by atoms with Crippen molar-refractivity contribution in [3.63, 3.8) is 0 Å². The van der Waals surface area contributed by atoms with Gasteiger partial charge in [-0.25, -0.2) is 0 Å². The lowest BCUT2D eigenvalue weighted by Crippen LogP contribution is -2.19. The number of hydrogen-bond acceptors (Lipinski definition) is 2. The van der Waals surface area contributed by atoms with Gasteiger partial charge in [0.1, 0.15) is 0 Å². The van der Waals surface area contributed by atoms with Crippen LogP contribution in [0, 0.1) is 0 Å². The lowest BCUT2D eigenvalue weighted by atomic mass is 10.2. The summed E-state index contributed by atoms with van der Waals surface area (Å²) < 4.78 is 0. The van der Waals surface area contributed by atoms with Gasteiger partial charge in [-0.05, 0) is 30.7 Å². The molecule has 0 fully saturated rings. The first kappa shape index (κ1) is 11.5. The van der Waals surface area contributed by atoms with E-state index in [0.29, 0.717) is 0 Å². The van der Waals surface area contributed by atoms with Crippen molar-refractivity contribution in [2.24, 2.45) is 0 Å². The summed E-state index contributed by atoms with van der Waals surface area (Å²) in [5, 5.41) is 2.79. The molecule has 0 saturated heterocycles. The van der Waals surface area contributed by atoms with Crippen LogP contribution in [0.3, 0.4) is 0 Å². The van der Waals surface area contributed by atoms with E-state index >= 15 is 0 Å². The van der Waals surface area contributed by atoms with Crippen LogP contribution in [0.1, 0.15) is 13.8 Å². The third-order valence-electron chi connectivity index (χ3n) is 2.54. The van der Waals surface area contributed by atoms with Gasteiger partial charge in [-0.3, -0.25) is 4.79 Å². The van der Waals surface area contributed by atoms with Gasteiger partial charge in [-0.2, -0.15) is 0 Å². The Hall–Kier alpha value is -2.03. The van der Waals surface area contributed by atoms with Crippen LogP contribution in [0.4, 0.5) is 11.4 Å². The summed E-state index contributed by atoms with van der Waals surface area (Å²) in [5.74, 6) is -0.0487. The molecule has 0 bridgehead atoms. The maximum Gasteiger partial charge on any atom is 0.221 e. The second kappa shape index (κ2) is 4.87. The van der Waals surface area contributed by atoms with Crippen LogP contribution in [0.5, 0.6) is 0 Å². The number of benzene rings is 1. The van der Waals surface area contributed by atoms with E-state index in [1.165, 1.54) is 12.5 Å². The summed E-state index contributed by atoms with van der Waals surface area (Å²) >= 11 is 0. The molecule has 0 atom stereocenters. The van der Waals surface area contributed by atoms with E-state index in [1.807, 2.05) is 24.3 Å². The highest BCUT2D eigenvalue weighted by Gasteiger charge is 2.06. The summed E-state index contributed by atoms with van der Waals surface area (Å²) in [4.78, 5) is 13.2. The van der Waals surface area contributed by atoms with Crippen molar-refractivity contribution in [1.82, 2.24) is 0 Å². The first-order valence-corrected chi connectivity index (χ1v) is 5.64. The highest BCUT2D eigenvalue weighted by molar-refractivity contribution is 5.89. The molecule has 88 valence electrons. The van der Waals surface area contributed by atoms with Crippen molar-refractivity contribution in [1.29, 1.82) is 0 Å². The summed E-state index contributed by atoms with van der Waals surface area (Å²) in [6.07, 6.45) is 6.33. The molecule has 0 spiro atoms. The van der Waals surface area contributed by atoms with Crippen LogP contribution in [0.25, 0.3) is 0 Å². The second-order valence-corrected chi connectivity index (χ2v) is 4.16. The van der Waals surface area contributed by atoms with E-state index in [2.05, 4.69) is 35.5 Å². The normalized spacial score (nSPS) is 14.5. The third kappa shape index (κ3) is 2.97. The summed E-state index contributed by atoms with van der Waals surface area (Å²) in [6.45, 7) is 4.45. The van der Waals surface area contributed by atoms with Crippen molar-refractivity contribution in [3.05, 3.63) is 48.2 Å². The number of anilines is 2. The van der Waals surface area contributed by atoms with Crippen LogP contribution in [-0.2, 0) is 4.79 Å². The summed E-state index contributed by atoms with van der Waals surface area (Å²) in [6, 6.07) is 7.85. The molecule has 0 aliphatic carbocycles. The smallest absolute Gasteiger partial charge is 0.221 e. The highest BCUT2D eigenvalue weighted by Crippen LogP contribution is 2.22. The van der Waals surface area contributed by atoms with Gasteiger partial charge in [0.15, 0.2) is 0 Å². The van der Waals surface area contributed by atoms with Crippen LogP contribution in [0.15, 0.2) is 48.2 Å². The van der Waals surface area contributed by atoms with Gasteiger partial charge in [0, 0.05) is 31.0 Å². The van der Waals surface area contributed by atoms with E-state index in [-0.39, 0.29) is 5.91 Å². The zero-order chi connectivity index (χ0) is 12.3. The Labute approximate surface area is 101 Å². The van der Waals surface area contributed by atoms with Gasteiger partial charge < -0.3 is 10.2 Å². The number of hydrogen-bond donors (Lipinski definition) is 1. The maximum absolute atomic E-state index is 11.0. The fourth-order valence-electron chi connectivity index (χ4n) is 1.84. The van der Waals surface area contributed by atoms with Gasteiger partial charge in [0.2, 0.25) is 5.91 Å². The molecule has 0 aromatic heterocycles. The molecule has 3 nitrogen and oxygen atoms in total. The maximum atomic E-state index is 11.0. The molecule has 0 saturated carbocycles. The predicted molar refractivity (Wildman–Crippen MR) is 71.0 cm³/mol. The van der Waals surface area contributed by atoms with Crippen molar-refractivity contribution >= 4 is 17.3 Å². The minimum atomic E-state index is -0.0487. The fraction of sp³-hybridized carbons (Fsp3) is 0.214. The largest absolute Gasteiger partial charge is 0.344 e. The number of nitrogens with zero attached hydrogens (tertiary/aromatic N) is 1. The van der Waals surface area contributed by atoms with Crippen LogP contribution in [-0.4, -0.2) is 12.5 Å². The number of carbonyl (C=O) groups excluding carboxylic acids is 1. The molecule has 1 heterocycles. The van der Waals surface area contributed by atoms with E-state index in [1.54, 1.807) is 0 Å². The van der Waals surface area contributed by atoms with E-state index < -0.39 is 0 Å². The van der Waals surface area contributed by atoms with E-state index in [0.717, 1.165) is 17.9 Å². The molecule has 1 aliphatic heterocycles. The first-order valence-electron chi connectivity index (χ1n) is 5.64. The number of amides is 1. The van der Waals surface area contributed by atoms with Gasteiger partial charge in [-0.15, -0.1) is 0 Å². The Bertz CT molecular complexity index is 489. The zero-order valence-corrected chi connectivity index (χ0v) is 10.1. The lowest BCUT2D eigenvalue weighted by molar-refractivity contribution is -0.114. The topological polar surface area (TPSA) is 32.3 Å². The Morgan fingerprint density at radius 2 is 2.24 bits per heavy atom. The molecule has 2 rings (SSSR count). The second-order valence-electron chi connectivity index (χ2n) is 4.16. The molecule has 17 heavy (non-hydrogen) atoms. The molecule has 1 aliphatic rings. The van der Waals surface area contributed by atoms with Crippen molar-refractivity contribution < 1.29 is 4.79 Å². The van der Waals surface area contributed by atoms with Crippen molar-refractivity contribution in [2.75, 3.05) is 16.8 Å². The molecule has 1 amide bonds. The third-order valence-corrected chi connectivity index (χ3v) is 2.54. The van der Waals surface area contributed by atoms with Gasteiger partial charge in [-0.1, -0.05) is 18.2 Å². The molecule has 1 aromatic rings. The van der Waals surface area contributed by atoms with Crippen molar-refractivity contribution in [3.8, 4) is 0 Å². The Morgan fingerprint density at radius 3 is 2.94 bits per heavy atom. The fourth-order valence-corrected chi connectivity index (χ4v) is 1.84. The average molecular weight is 228 g/mol. The lowest BCUT2D eigenvalue weighted by Gasteiger charge is -2.23. The first-order chi connectivity index (χ1) is 8.15. The molecular formula is C14H16N2O. The van der Waals surface area contributed by atoms with Gasteiger partial charge in [0.25, 0.3) is 0 Å². The number of nitrogens with one attached hydrogen (secondary N) is 1. The molecular weight excluding hydrogens is 212 g/mol. The molecule has 0 unspecified atom stereocenters. The Morgan fingerprint density at radius 1 is 1.41 bits per heavy atom. The molecule has 1 N–H and O–H groups in total. The Kier molecular flexibility index (Phi) is 3.28. The number of carbonyl (C=O) groups is 1. The highest BCUT2D eigenvalue weighted by atomic mass is 16.1. The predicted octanol–water partition coefficient (Wildman–Crippen LogP) is 2.93. The van der Waals surface area contributed by atoms with Crippen molar-refractivity contribution in [2.45, 2.75) is 13.8 Å². The molecule has 1 aromatic carbocycles. The van der Waals surface area contributed by atoms with Crippen LogP contribution >= 0.6 is 0 Å². The minimum absolute atomic E-state index is 0.0487. The Balaban J connectivity index is 2.21. The van der Waals surface area contributed by atoms with E-state index in [4.69, 9.17) is 0 Å². The standard InChI is InChI=1S/C14H16N2O/c1-11-5-4-8-16(10-11)14-7-3-6-13(9-14)15-12(2)17/h3-7,9-10H,8H2,1-2H3,(H,15,17). The van der Waals surface area contributed by atoms with Gasteiger partial charge in [0.05, 0.1) is 0 Å². The van der Waals surface area contributed by atoms with E-state index in [9.17, 15) is 4.79 Å². The zero-order valence-electron chi connectivity index (χ0n) is 10.1. The number of rotatable bonds is 2. The summed E-state index contributed by atoms with van der Waals surface area (Å²) in [5.41, 5.74) is 3.14. The SMILES string of the molecule is CC(=O)Nc1cccc(N2C=C(C)C=CC2)c1. The monoisotopic (exact) mass is 228 g/mol. The average Bonchev–Trinajstić information content (AvgIpc) is 2.28. The number of allylic oxidation sites excluding steroid dienone is 2.